The molecule has 1 N–H and O–H groups in total. The van der Waals surface area contributed by atoms with E-state index in [1.165, 1.54) is 0 Å². The van der Waals surface area contributed by atoms with Crippen LogP contribution in [0, 0.1) is 13.8 Å². The van der Waals surface area contributed by atoms with Crippen LogP contribution in [0.4, 0.5) is 0 Å². The fraction of sp³-hybridized carbons (Fsp3) is 0.588. The van der Waals surface area contributed by atoms with Gasteiger partial charge in [-0.3, -0.25) is 4.79 Å². The number of morpholine rings is 1. The molecule has 1 saturated heterocycles. The van der Waals surface area contributed by atoms with Crippen molar-refractivity contribution in [3.63, 3.8) is 0 Å². The number of hydrogen-bond acceptors (Lipinski definition) is 4. The molecule has 6 nitrogen and oxygen atoms in total. The van der Waals surface area contributed by atoms with Crippen LogP contribution in [0.25, 0.3) is 0 Å². The van der Waals surface area contributed by atoms with Crippen LogP contribution in [0.2, 0.25) is 0 Å². The van der Waals surface area contributed by atoms with E-state index in [-0.39, 0.29) is 36.0 Å². The highest BCUT2D eigenvalue weighted by atomic mass is 32.2. The third kappa shape index (κ3) is 4.78. The first-order valence-electron chi connectivity index (χ1n) is 8.19. The Bertz CT molecular complexity index is 693. The summed E-state index contributed by atoms with van der Waals surface area (Å²) in [6.07, 6.45) is 0.150. The Morgan fingerprint density at radius 1 is 1.25 bits per heavy atom. The van der Waals surface area contributed by atoms with Crippen molar-refractivity contribution in [3.8, 4) is 0 Å². The van der Waals surface area contributed by atoms with Gasteiger partial charge < -0.3 is 9.64 Å². The first-order chi connectivity index (χ1) is 11.2. The van der Waals surface area contributed by atoms with Crippen molar-refractivity contribution in [3.05, 3.63) is 29.3 Å². The molecule has 2 unspecified atom stereocenters. The maximum absolute atomic E-state index is 12.4. The third-order valence-electron chi connectivity index (χ3n) is 4.04. The predicted molar refractivity (Wildman–Crippen MR) is 92.3 cm³/mol. The standard InChI is InChI=1S/C17H26N2O4S/c1-12-5-6-13(2)16(9-12)24(21,22)18-8-7-17(20)19-10-14(3)23-15(4)11-19/h5-6,9,14-15,18H,7-8,10-11H2,1-4H3. The molecule has 7 heteroatoms. The summed E-state index contributed by atoms with van der Waals surface area (Å²) in [5.74, 6) is -0.0549. The van der Waals surface area contributed by atoms with Crippen molar-refractivity contribution in [2.24, 2.45) is 0 Å². The number of ether oxygens (including phenoxy) is 1. The number of nitrogens with one attached hydrogen (secondary N) is 1. The van der Waals surface area contributed by atoms with Gasteiger partial charge in [-0.15, -0.1) is 0 Å². The van der Waals surface area contributed by atoms with E-state index in [2.05, 4.69) is 4.72 Å². The van der Waals surface area contributed by atoms with E-state index < -0.39 is 10.0 Å². The number of rotatable bonds is 5. The van der Waals surface area contributed by atoms with E-state index >= 15 is 0 Å². The van der Waals surface area contributed by atoms with E-state index in [9.17, 15) is 13.2 Å². The zero-order chi connectivity index (χ0) is 17.9. The highest BCUT2D eigenvalue weighted by molar-refractivity contribution is 7.89. The Balaban J connectivity index is 1.93. The van der Waals surface area contributed by atoms with Crippen LogP contribution in [0.1, 0.15) is 31.4 Å². The molecule has 0 radical (unpaired) electrons. The van der Waals surface area contributed by atoms with Gasteiger partial charge in [-0.1, -0.05) is 12.1 Å². The van der Waals surface area contributed by atoms with Gasteiger partial charge >= 0.3 is 0 Å². The molecule has 0 spiro atoms. The van der Waals surface area contributed by atoms with Crippen molar-refractivity contribution in [2.45, 2.75) is 51.2 Å². The average molecular weight is 354 g/mol. The molecule has 1 fully saturated rings. The van der Waals surface area contributed by atoms with Gasteiger partial charge in [-0.25, -0.2) is 13.1 Å². The van der Waals surface area contributed by atoms with Gasteiger partial charge in [0.2, 0.25) is 15.9 Å². The third-order valence-corrected chi connectivity index (χ3v) is 5.64. The largest absolute Gasteiger partial charge is 0.372 e. The Labute approximate surface area is 144 Å². The van der Waals surface area contributed by atoms with Crippen LogP contribution in [0.5, 0.6) is 0 Å². The van der Waals surface area contributed by atoms with E-state index in [0.29, 0.717) is 18.7 Å². The van der Waals surface area contributed by atoms with Crippen molar-refractivity contribution in [1.82, 2.24) is 9.62 Å². The van der Waals surface area contributed by atoms with Crippen LogP contribution in [-0.2, 0) is 19.6 Å². The normalized spacial score (nSPS) is 21.8. The van der Waals surface area contributed by atoms with Crippen molar-refractivity contribution in [1.29, 1.82) is 0 Å². The van der Waals surface area contributed by atoms with Crippen LogP contribution in [-0.4, -0.2) is 51.1 Å². The van der Waals surface area contributed by atoms with E-state index in [1.807, 2.05) is 26.8 Å². The highest BCUT2D eigenvalue weighted by Crippen LogP contribution is 2.17. The minimum atomic E-state index is -3.61. The molecule has 1 aliphatic rings. The lowest BCUT2D eigenvalue weighted by atomic mass is 10.2. The van der Waals surface area contributed by atoms with Crippen LogP contribution >= 0.6 is 0 Å². The number of amides is 1. The summed E-state index contributed by atoms with van der Waals surface area (Å²) in [5, 5.41) is 0. The summed E-state index contributed by atoms with van der Waals surface area (Å²) >= 11 is 0. The lowest BCUT2D eigenvalue weighted by Crippen LogP contribution is -2.48. The van der Waals surface area contributed by atoms with Gasteiger partial charge in [0.15, 0.2) is 0 Å². The van der Waals surface area contributed by atoms with Crippen molar-refractivity contribution >= 4 is 15.9 Å². The Hall–Kier alpha value is -1.44. The molecule has 2 atom stereocenters. The lowest BCUT2D eigenvalue weighted by Gasteiger charge is -2.35. The van der Waals surface area contributed by atoms with E-state index in [0.717, 1.165) is 5.56 Å². The van der Waals surface area contributed by atoms with E-state index in [1.54, 1.807) is 24.0 Å². The van der Waals surface area contributed by atoms with Gasteiger partial charge in [0.1, 0.15) is 0 Å². The monoisotopic (exact) mass is 354 g/mol. The maximum atomic E-state index is 12.4. The summed E-state index contributed by atoms with van der Waals surface area (Å²) < 4.78 is 33.0. The van der Waals surface area contributed by atoms with Gasteiger partial charge in [-0.2, -0.15) is 0 Å². The summed E-state index contributed by atoms with van der Waals surface area (Å²) in [5.41, 5.74) is 1.57. The topological polar surface area (TPSA) is 75.7 Å². The minimum Gasteiger partial charge on any atom is -0.372 e. The van der Waals surface area contributed by atoms with Crippen LogP contribution < -0.4 is 4.72 Å². The second-order valence-electron chi connectivity index (χ2n) is 6.47. The quantitative estimate of drug-likeness (QED) is 0.872. The van der Waals surface area contributed by atoms with Crippen LogP contribution in [0.3, 0.4) is 0 Å². The van der Waals surface area contributed by atoms with Crippen LogP contribution in [0.15, 0.2) is 23.1 Å². The molecule has 1 heterocycles. The number of sulfonamides is 1. The Morgan fingerprint density at radius 3 is 2.50 bits per heavy atom. The molecule has 0 saturated carbocycles. The number of aryl methyl sites for hydroxylation is 2. The SMILES string of the molecule is Cc1ccc(C)c(S(=O)(=O)NCCC(=O)N2CC(C)OC(C)C2)c1. The number of hydrogen-bond donors (Lipinski definition) is 1. The first-order valence-corrected chi connectivity index (χ1v) is 9.67. The zero-order valence-corrected chi connectivity index (χ0v) is 15.5. The molecule has 134 valence electrons. The smallest absolute Gasteiger partial charge is 0.240 e. The number of nitrogens with zero attached hydrogens (tertiary/aromatic N) is 1. The fourth-order valence-electron chi connectivity index (χ4n) is 2.91. The summed E-state index contributed by atoms with van der Waals surface area (Å²) in [4.78, 5) is 14.3. The van der Waals surface area contributed by atoms with Gasteiger partial charge in [0, 0.05) is 26.1 Å². The van der Waals surface area contributed by atoms with Gasteiger partial charge in [0.05, 0.1) is 17.1 Å². The fourth-order valence-corrected chi connectivity index (χ4v) is 4.27. The molecule has 0 aromatic heterocycles. The number of benzene rings is 1. The Kier molecular flexibility index (Phi) is 6.01. The molecule has 24 heavy (non-hydrogen) atoms. The highest BCUT2D eigenvalue weighted by Gasteiger charge is 2.26. The first kappa shape index (κ1) is 18.9. The average Bonchev–Trinajstić information content (AvgIpc) is 2.48. The summed E-state index contributed by atoms with van der Waals surface area (Å²) in [6.45, 7) is 8.66. The van der Waals surface area contributed by atoms with Gasteiger partial charge in [-0.05, 0) is 44.9 Å². The van der Waals surface area contributed by atoms with Crippen molar-refractivity contribution < 1.29 is 17.9 Å². The molecule has 0 bridgehead atoms. The summed E-state index contributed by atoms with van der Waals surface area (Å²) in [6, 6.07) is 5.30. The Morgan fingerprint density at radius 2 is 1.88 bits per heavy atom. The molecule has 1 aliphatic heterocycles. The minimum absolute atomic E-state index is 0.00401. The molecule has 1 amide bonds. The molecular weight excluding hydrogens is 328 g/mol. The van der Waals surface area contributed by atoms with Crippen molar-refractivity contribution in [2.75, 3.05) is 19.6 Å². The van der Waals surface area contributed by atoms with Gasteiger partial charge in [0.25, 0.3) is 0 Å². The zero-order valence-electron chi connectivity index (χ0n) is 14.7. The number of carbonyl (C=O) groups excluding carboxylic acids is 1. The predicted octanol–water partition coefficient (Wildman–Crippen LogP) is 1.61. The second kappa shape index (κ2) is 7.63. The summed E-state index contributed by atoms with van der Waals surface area (Å²) in [7, 11) is -3.61. The molecule has 1 aromatic carbocycles. The molecule has 1 aromatic rings. The lowest BCUT2D eigenvalue weighted by molar-refractivity contribution is -0.143. The molecule has 0 aliphatic carbocycles. The maximum Gasteiger partial charge on any atom is 0.240 e. The number of carbonyl (C=O) groups is 1. The van der Waals surface area contributed by atoms with E-state index in [4.69, 9.17) is 4.74 Å². The second-order valence-corrected chi connectivity index (χ2v) is 8.21. The molecular formula is C17H26N2O4S. The molecule has 2 rings (SSSR count).